The van der Waals surface area contributed by atoms with E-state index in [0.717, 1.165) is 11.4 Å². The summed E-state index contributed by atoms with van der Waals surface area (Å²) < 4.78 is 0. The van der Waals surface area contributed by atoms with Crippen LogP contribution in [0.15, 0.2) is 140 Å². The number of para-hydroxylation sites is 2. The van der Waals surface area contributed by atoms with Gasteiger partial charge in [0.2, 0.25) is 0 Å². The van der Waals surface area contributed by atoms with Crippen molar-refractivity contribution in [3.63, 3.8) is 0 Å². The predicted molar refractivity (Wildman–Crippen MR) is 154 cm³/mol. The highest BCUT2D eigenvalue weighted by atomic mass is 15.2. The predicted octanol–water partition coefficient (Wildman–Crippen LogP) is 6.40. The number of benzene rings is 3. The maximum absolute atomic E-state index is 4.15. The molecule has 5 rings (SSSR count). The minimum atomic E-state index is 0.148. The monoisotopic (exact) mass is 452 g/mol. The second kappa shape index (κ2) is 9.56. The molecule has 0 aliphatic carbocycles. The maximum atomic E-state index is 4.15. The summed E-state index contributed by atoms with van der Waals surface area (Å²) in [5.41, 5.74) is 10.9. The largest absolute Gasteiger partial charge is 0.312 e. The van der Waals surface area contributed by atoms with Crippen molar-refractivity contribution in [1.82, 2.24) is 0 Å². The van der Waals surface area contributed by atoms with Crippen molar-refractivity contribution in [2.75, 3.05) is 9.80 Å². The van der Waals surface area contributed by atoms with Crippen LogP contribution in [0.5, 0.6) is 0 Å². The van der Waals surface area contributed by atoms with Crippen molar-refractivity contribution in [2.24, 2.45) is 0 Å². The van der Waals surface area contributed by atoms with Crippen LogP contribution in [0.25, 0.3) is 0 Å². The van der Waals surface area contributed by atoms with Crippen LogP contribution in [0, 0.1) is 0 Å². The molecule has 0 atom stereocenters. The molecule has 2 aliphatic rings. The van der Waals surface area contributed by atoms with Crippen LogP contribution in [-0.2, 0) is 0 Å². The van der Waals surface area contributed by atoms with E-state index in [9.17, 15) is 0 Å². The van der Waals surface area contributed by atoms with Crippen LogP contribution in [0.2, 0.25) is 0 Å². The first-order valence-electron chi connectivity index (χ1n) is 12.1. The first-order valence-corrected chi connectivity index (χ1v) is 12.1. The molecule has 0 bridgehead atoms. The van der Waals surface area contributed by atoms with Gasteiger partial charge in [0, 0.05) is 34.1 Å². The fourth-order valence-corrected chi connectivity index (χ4v) is 5.29. The number of rotatable bonds is 6. The molecule has 0 amide bonds. The van der Waals surface area contributed by atoms with Crippen LogP contribution in [0.4, 0.5) is 22.7 Å². The summed E-state index contributed by atoms with van der Waals surface area (Å²) in [4.78, 5) is 4.72. The summed E-state index contributed by atoms with van der Waals surface area (Å²) >= 11 is 0. The van der Waals surface area contributed by atoms with E-state index in [1.165, 1.54) is 39.1 Å². The van der Waals surface area contributed by atoms with Gasteiger partial charge < -0.3 is 9.80 Å². The van der Waals surface area contributed by atoms with E-state index in [4.69, 9.17) is 0 Å². The van der Waals surface area contributed by atoms with Crippen LogP contribution in [-0.4, -0.2) is 6.71 Å². The van der Waals surface area contributed by atoms with Crippen molar-refractivity contribution >= 4 is 45.9 Å². The molecular weight excluding hydrogens is 423 g/mol. The van der Waals surface area contributed by atoms with E-state index in [1.807, 2.05) is 31.2 Å². The van der Waals surface area contributed by atoms with E-state index in [0.29, 0.717) is 0 Å². The highest BCUT2D eigenvalue weighted by molar-refractivity contribution is 7.00. The molecular formula is C32H29BN2. The Kier molecular flexibility index (Phi) is 6.16. The second-order valence-electron chi connectivity index (χ2n) is 8.56. The summed E-state index contributed by atoms with van der Waals surface area (Å²) in [6, 6.07) is 24.2. The SMILES string of the molecule is C=C/C=C\C(=C/C)N1c2ccccc2B2c3ccccc3N(/C(C=C)=C/C=C\C)c3cccc1c32. The van der Waals surface area contributed by atoms with Gasteiger partial charge in [-0.05, 0) is 72.7 Å². The zero-order chi connectivity index (χ0) is 24.4. The Morgan fingerprint density at radius 3 is 1.83 bits per heavy atom. The molecule has 3 aromatic rings. The number of anilines is 4. The Hall–Kier alpha value is -4.24. The molecule has 0 unspecified atom stereocenters. The molecule has 0 fully saturated rings. The van der Waals surface area contributed by atoms with E-state index >= 15 is 0 Å². The normalized spacial score (nSPS) is 14.7. The Balaban J connectivity index is 1.86. The highest BCUT2D eigenvalue weighted by Crippen LogP contribution is 2.40. The molecule has 0 N–H and O–H groups in total. The van der Waals surface area contributed by atoms with Gasteiger partial charge in [0.25, 0.3) is 6.71 Å². The number of hydrogen-bond donors (Lipinski definition) is 0. The third-order valence-electron chi connectivity index (χ3n) is 6.69. The topological polar surface area (TPSA) is 6.48 Å². The van der Waals surface area contributed by atoms with Gasteiger partial charge in [-0.25, -0.2) is 0 Å². The quantitative estimate of drug-likeness (QED) is 0.316. The molecule has 0 saturated carbocycles. The van der Waals surface area contributed by atoms with Gasteiger partial charge >= 0.3 is 0 Å². The van der Waals surface area contributed by atoms with Gasteiger partial charge in [-0.2, -0.15) is 0 Å². The van der Waals surface area contributed by atoms with Gasteiger partial charge in [0.05, 0.1) is 0 Å². The molecule has 0 saturated heterocycles. The summed E-state index contributed by atoms with van der Waals surface area (Å²) in [5, 5.41) is 0. The lowest BCUT2D eigenvalue weighted by atomic mass is 9.33. The molecule has 2 aliphatic heterocycles. The van der Waals surface area contributed by atoms with Gasteiger partial charge in [-0.15, -0.1) is 0 Å². The summed E-state index contributed by atoms with van der Waals surface area (Å²) in [7, 11) is 0. The average molecular weight is 452 g/mol. The lowest BCUT2D eigenvalue weighted by Crippen LogP contribution is -2.61. The molecule has 2 nitrogen and oxygen atoms in total. The smallest absolute Gasteiger partial charge is 0.252 e. The van der Waals surface area contributed by atoms with Crippen molar-refractivity contribution in [2.45, 2.75) is 13.8 Å². The minimum absolute atomic E-state index is 0.148. The molecule has 170 valence electrons. The Morgan fingerprint density at radius 2 is 1.29 bits per heavy atom. The van der Waals surface area contributed by atoms with Crippen LogP contribution >= 0.6 is 0 Å². The number of hydrogen-bond acceptors (Lipinski definition) is 2. The van der Waals surface area contributed by atoms with Gasteiger partial charge in [0.1, 0.15) is 0 Å². The third kappa shape index (κ3) is 3.61. The molecule has 3 aromatic carbocycles. The Bertz CT molecular complexity index is 1420. The van der Waals surface area contributed by atoms with Crippen molar-refractivity contribution < 1.29 is 0 Å². The van der Waals surface area contributed by atoms with E-state index in [1.54, 1.807) is 0 Å². The van der Waals surface area contributed by atoms with Gasteiger partial charge in [-0.3, -0.25) is 0 Å². The molecule has 3 heteroatoms. The van der Waals surface area contributed by atoms with Crippen LogP contribution in [0.3, 0.4) is 0 Å². The van der Waals surface area contributed by atoms with E-state index < -0.39 is 0 Å². The zero-order valence-corrected chi connectivity index (χ0v) is 20.4. The first-order chi connectivity index (χ1) is 17.2. The van der Waals surface area contributed by atoms with Crippen LogP contribution < -0.4 is 26.2 Å². The second-order valence-corrected chi connectivity index (χ2v) is 8.56. The molecule has 0 aromatic heterocycles. The van der Waals surface area contributed by atoms with Crippen LogP contribution in [0.1, 0.15) is 13.8 Å². The number of fused-ring (bicyclic) bond motifs is 4. The van der Waals surface area contributed by atoms with Crippen molar-refractivity contribution in [3.05, 3.63) is 140 Å². The first kappa shape index (κ1) is 22.6. The van der Waals surface area contributed by atoms with Gasteiger partial charge in [0.15, 0.2) is 0 Å². The molecule has 35 heavy (non-hydrogen) atoms. The fraction of sp³-hybridized carbons (Fsp3) is 0.0625. The third-order valence-corrected chi connectivity index (χ3v) is 6.69. The average Bonchev–Trinajstić information content (AvgIpc) is 2.91. The molecule has 0 spiro atoms. The summed E-state index contributed by atoms with van der Waals surface area (Å²) in [6.45, 7) is 12.3. The Morgan fingerprint density at radius 1 is 0.714 bits per heavy atom. The maximum Gasteiger partial charge on any atom is 0.252 e. The summed E-state index contributed by atoms with van der Waals surface area (Å²) in [5.74, 6) is 0. The highest BCUT2D eigenvalue weighted by Gasteiger charge is 2.42. The van der Waals surface area contributed by atoms with E-state index in [-0.39, 0.29) is 6.71 Å². The lowest BCUT2D eigenvalue weighted by Gasteiger charge is -2.44. The minimum Gasteiger partial charge on any atom is -0.312 e. The number of allylic oxidation sites excluding steroid dienone is 8. The van der Waals surface area contributed by atoms with E-state index in [2.05, 4.69) is 121 Å². The number of nitrogens with zero attached hydrogens (tertiary/aromatic N) is 2. The summed E-state index contributed by atoms with van der Waals surface area (Å²) in [6.07, 6.45) is 16.3. The fourth-order valence-electron chi connectivity index (χ4n) is 5.29. The lowest BCUT2D eigenvalue weighted by molar-refractivity contribution is 1.18. The molecule has 0 radical (unpaired) electrons. The standard InChI is InChI=1S/C32H29BN2/c1-5-9-16-24(7-3)34-28-20-13-11-18-26(28)33-27-19-12-14-21-29(27)35(25(8-4)17-10-6-2)31-23-15-22-30(34)32(31)33/h5-23H,1,4H2,2-3H3/b10-6-,16-9-,24-7+,25-17+. The van der Waals surface area contributed by atoms with Gasteiger partial charge in [-0.1, -0.05) is 86.0 Å². The van der Waals surface area contributed by atoms with Crippen molar-refractivity contribution in [3.8, 4) is 0 Å². The zero-order valence-electron chi connectivity index (χ0n) is 20.4. The Labute approximate surface area is 209 Å². The molecule has 2 heterocycles. The van der Waals surface area contributed by atoms with Crippen molar-refractivity contribution in [1.29, 1.82) is 0 Å².